The van der Waals surface area contributed by atoms with Crippen molar-refractivity contribution in [3.05, 3.63) is 112 Å². The average Bonchev–Trinajstić information content (AvgIpc) is 3.29. The largest absolute Gasteiger partial charge is 0.508 e. The monoisotopic (exact) mass is 688 g/mol. The van der Waals surface area contributed by atoms with Crippen molar-refractivity contribution in [2.24, 2.45) is 5.92 Å². The Hall–Kier alpha value is -3.23. The Balaban J connectivity index is 0.00000121. The van der Waals surface area contributed by atoms with Crippen molar-refractivity contribution >= 4 is 28.3 Å². The van der Waals surface area contributed by atoms with Gasteiger partial charge in [-0.1, -0.05) is 161 Å². The number of allylic oxidation sites excluding steroid dienone is 4. The molecule has 0 saturated heterocycles. The lowest BCUT2D eigenvalue weighted by atomic mass is 9.86. The third-order valence-electron chi connectivity index (χ3n) is 8.39. The normalized spacial score (nSPS) is 12.6. The minimum atomic E-state index is 0.187. The maximum Gasteiger partial charge on any atom is 0.124 e. The second-order valence-corrected chi connectivity index (χ2v) is 12.9. The standard InChI is InChI=1S/C30H29ClO2.C7H16.C5H12.2C2H6/c1-19(2)7-8-20(3)22-11-15-26-23(17-22)5-4-6-28(27-16-12-24(31)18-29(27)33)30(26)21-9-13-25(32)14-10-21;1-4-6-7(3)5-2;1-3-5-4-2;2*1-2/h8-18,32-33H,1,4-7H2,2-3H3;7H,4-6H2,1-3H3;3-5H2,1-2H3;2*1-2H3/b20-8+;;;;. The number of unbranched alkanes of at least 4 members (excludes halogenated alkanes) is 2. The van der Waals surface area contributed by atoms with Gasteiger partial charge in [-0.3, -0.25) is 0 Å². The molecule has 1 unspecified atom stereocenters. The Labute approximate surface area is 307 Å². The minimum absolute atomic E-state index is 0.187. The topological polar surface area (TPSA) is 40.5 Å². The lowest BCUT2D eigenvalue weighted by Crippen LogP contribution is -1.97. The molecule has 0 fully saturated rings. The van der Waals surface area contributed by atoms with Crippen LogP contribution in [-0.2, 0) is 6.42 Å². The summed E-state index contributed by atoms with van der Waals surface area (Å²) in [6, 6.07) is 19.3. The summed E-state index contributed by atoms with van der Waals surface area (Å²) in [4.78, 5) is 0. The van der Waals surface area contributed by atoms with Crippen LogP contribution in [0.5, 0.6) is 11.5 Å². The zero-order chi connectivity index (χ0) is 37.4. The summed E-state index contributed by atoms with van der Waals surface area (Å²) in [7, 11) is 0. The van der Waals surface area contributed by atoms with Crippen molar-refractivity contribution in [3.63, 3.8) is 0 Å². The highest BCUT2D eigenvalue weighted by molar-refractivity contribution is 6.30. The van der Waals surface area contributed by atoms with Crippen LogP contribution in [0, 0.1) is 5.92 Å². The first-order valence-corrected chi connectivity index (χ1v) is 19.4. The van der Waals surface area contributed by atoms with Crippen LogP contribution in [0.3, 0.4) is 0 Å². The fourth-order valence-corrected chi connectivity index (χ4v) is 5.68. The number of rotatable bonds is 10. The number of aryl methyl sites for hydroxylation is 1. The molecule has 3 aromatic carbocycles. The van der Waals surface area contributed by atoms with Gasteiger partial charge < -0.3 is 10.2 Å². The number of fused-ring (bicyclic) bond motifs is 1. The summed E-state index contributed by atoms with van der Waals surface area (Å²) >= 11 is 6.12. The van der Waals surface area contributed by atoms with Gasteiger partial charge in [0.05, 0.1) is 0 Å². The summed E-state index contributed by atoms with van der Waals surface area (Å²) in [5.41, 5.74) is 10.1. The van der Waals surface area contributed by atoms with Gasteiger partial charge in [0, 0.05) is 10.6 Å². The quantitative estimate of drug-likeness (QED) is 0.208. The molecule has 1 atom stereocenters. The predicted octanol–water partition coefficient (Wildman–Crippen LogP) is 15.5. The Morgan fingerprint density at radius 1 is 0.816 bits per heavy atom. The van der Waals surface area contributed by atoms with E-state index >= 15 is 0 Å². The van der Waals surface area contributed by atoms with E-state index in [1.54, 1.807) is 18.2 Å². The Morgan fingerprint density at radius 2 is 1.43 bits per heavy atom. The van der Waals surface area contributed by atoms with E-state index in [0.29, 0.717) is 5.02 Å². The minimum Gasteiger partial charge on any atom is -0.508 e. The zero-order valence-corrected chi connectivity index (χ0v) is 33.7. The molecule has 0 heterocycles. The highest BCUT2D eigenvalue weighted by atomic mass is 35.5. The van der Waals surface area contributed by atoms with E-state index in [2.05, 4.69) is 72.4 Å². The van der Waals surface area contributed by atoms with E-state index < -0.39 is 0 Å². The van der Waals surface area contributed by atoms with Gasteiger partial charge in [-0.05, 0) is 115 Å². The first-order valence-electron chi connectivity index (χ1n) is 19.0. The molecule has 2 N–H and O–H groups in total. The maximum absolute atomic E-state index is 10.7. The maximum atomic E-state index is 10.7. The van der Waals surface area contributed by atoms with Crippen molar-refractivity contribution < 1.29 is 10.2 Å². The van der Waals surface area contributed by atoms with E-state index in [4.69, 9.17) is 11.6 Å². The molecule has 0 bridgehead atoms. The lowest BCUT2D eigenvalue weighted by Gasteiger charge is -2.18. The first-order chi connectivity index (χ1) is 23.6. The SMILES string of the molecule is C=C(C)C/C=C(\C)c1ccc2c(c1)CCCC(c1ccc(Cl)cc1O)=C2c1ccc(O)cc1.CC.CC.CCCC(C)CC.CCCCC. The van der Waals surface area contributed by atoms with Crippen molar-refractivity contribution in [3.8, 4) is 11.5 Å². The molecule has 0 spiro atoms. The van der Waals surface area contributed by atoms with Crippen LogP contribution in [0.4, 0.5) is 0 Å². The Morgan fingerprint density at radius 3 is 1.92 bits per heavy atom. The molecule has 4 rings (SSSR count). The van der Waals surface area contributed by atoms with Gasteiger partial charge in [-0.15, -0.1) is 0 Å². The van der Waals surface area contributed by atoms with E-state index in [1.807, 2.05) is 58.9 Å². The smallest absolute Gasteiger partial charge is 0.124 e. The number of benzene rings is 3. The van der Waals surface area contributed by atoms with Crippen LogP contribution in [0.15, 0.2) is 78.9 Å². The van der Waals surface area contributed by atoms with Gasteiger partial charge in [0.1, 0.15) is 11.5 Å². The van der Waals surface area contributed by atoms with Gasteiger partial charge in [0.15, 0.2) is 0 Å². The van der Waals surface area contributed by atoms with Gasteiger partial charge in [-0.2, -0.15) is 0 Å². The molecule has 3 heteroatoms. The van der Waals surface area contributed by atoms with Crippen LogP contribution in [0.1, 0.15) is 162 Å². The van der Waals surface area contributed by atoms with Crippen LogP contribution in [-0.4, -0.2) is 10.2 Å². The van der Waals surface area contributed by atoms with Gasteiger partial charge >= 0.3 is 0 Å². The molecule has 0 aliphatic heterocycles. The summed E-state index contributed by atoms with van der Waals surface area (Å²) < 4.78 is 0. The van der Waals surface area contributed by atoms with Gasteiger partial charge in [0.25, 0.3) is 0 Å². The third kappa shape index (κ3) is 16.4. The molecule has 0 radical (unpaired) electrons. The van der Waals surface area contributed by atoms with Crippen molar-refractivity contribution in [2.45, 2.75) is 140 Å². The fourth-order valence-electron chi connectivity index (χ4n) is 5.52. The Bertz CT molecular complexity index is 1410. The second kappa shape index (κ2) is 26.6. The predicted molar refractivity (Wildman–Crippen MR) is 222 cm³/mol. The molecule has 49 heavy (non-hydrogen) atoms. The number of phenolic OH excluding ortho intramolecular Hbond substituents is 2. The van der Waals surface area contributed by atoms with Crippen LogP contribution in [0.25, 0.3) is 16.7 Å². The average molecular weight is 690 g/mol. The number of phenols is 2. The highest BCUT2D eigenvalue weighted by Gasteiger charge is 2.22. The number of hydrogen-bond acceptors (Lipinski definition) is 2. The summed E-state index contributed by atoms with van der Waals surface area (Å²) in [6.45, 7) is 27.4. The second-order valence-electron chi connectivity index (χ2n) is 12.5. The molecule has 3 aromatic rings. The molecule has 0 aromatic heterocycles. The molecule has 2 nitrogen and oxygen atoms in total. The van der Waals surface area contributed by atoms with Crippen molar-refractivity contribution in [2.75, 3.05) is 0 Å². The molecule has 272 valence electrons. The highest BCUT2D eigenvalue weighted by Crippen LogP contribution is 2.43. The first kappa shape index (κ1) is 45.8. The molecule has 0 amide bonds. The number of halogens is 1. The molecule has 1 aliphatic carbocycles. The summed E-state index contributed by atoms with van der Waals surface area (Å²) in [5.74, 6) is 1.37. The van der Waals surface area contributed by atoms with Crippen LogP contribution in [0.2, 0.25) is 5.02 Å². The molecule has 0 saturated carbocycles. The molecular weight excluding hydrogens is 620 g/mol. The van der Waals surface area contributed by atoms with Crippen LogP contribution >= 0.6 is 11.6 Å². The van der Waals surface area contributed by atoms with E-state index in [9.17, 15) is 10.2 Å². The zero-order valence-electron chi connectivity index (χ0n) is 33.0. The number of aromatic hydroxyl groups is 2. The summed E-state index contributed by atoms with van der Waals surface area (Å²) in [6.07, 6.45) is 14.0. The van der Waals surface area contributed by atoms with Crippen molar-refractivity contribution in [1.29, 1.82) is 0 Å². The molecule has 1 aliphatic rings. The number of hydrogen-bond donors (Lipinski definition) is 2. The summed E-state index contributed by atoms with van der Waals surface area (Å²) in [5, 5.41) is 21.1. The van der Waals surface area contributed by atoms with E-state index in [-0.39, 0.29) is 11.5 Å². The van der Waals surface area contributed by atoms with E-state index in [0.717, 1.165) is 59.4 Å². The Kier molecular flexibility index (Phi) is 24.9. The van der Waals surface area contributed by atoms with Crippen molar-refractivity contribution in [1.82, 2.24) is 0 Å². The third-order valence-corrected chi connectivity index (χ3v) is 8.62. The molecular formula is C46H69ClO2. The van der Waals surface area contributed by atoms with E-state index in [1.165, 1.54) is 60.8 Å². The fraction of sp³-hybridized carbons (Fsp3) is 0.478. The van der Waals surface area contributed by atoms with Gasteiger partial charge in [0.2, 0.25) is 0 Å². The van der Waals surface area contributed by atoms with Gasteiger partial charge in [-0.25, -0.2) is 0 Å². The van der Waals surface area contributed by atoms with Crippen LogP contribution < -0.4 is 0 Å². The lowest BCUT2D eigenvalue weighted by molar-refractivity contribution is 0.473.